The lowest BCUT2D eigenvalue weighted by Gasteiger charge is -2.20. The Morgan fingerprint density at radius 3 is 2.47 bits per heavy atom. The molecule has 3 nitrogen and oxygen atoms in total. The molecule has 17 heavy (non-hydrogen) atoms. The maximum Gasteiger partial charge on any atom is 0.140 e. The van der Waals surface area contributed by atoms with E-state index in [1.807, 2.05) is 25.6 Å². The number of hydrogen-bond donors (Lipinski definition) is 0. The SMILES string of the molecule is Cc1nn(C)c(C)c1CC(=O)C1CCCCC1. The van der Waals surface area contributed by atoms with Crippen molar-refractivity contribution >= 4 is 5.78 Å². The average molecular weight is 234 g/mol. The number of ketones is 1. The second-order valence-corrected chi connectivity index (χ2v) is 5.25. The summed E-state index contributed by atoms with van der Waals surface area (Å²) in [5.41, 5.74) is 3.28. The standard InChI is InChI=1S/C14H22N2O/c1-10-13(11(2)16(3)15-10)9-14(17)12-7-5-4-6-8-12/h12H,4-9H2,1-3H3. The van der Waals surface area contributed by atoms with Crippen LogP contribution in [-0.4, -0.2) is 15.6 Å². The van der Waals surface area contributed by atoms with Gasteiger partial charge in [-0.25, -0.2) is 0 Å². The molecule has 0 atom stereocenters. The number of nitrogens with zero attached hydrogens (tertiary/aromatic N) is 2. The number of carbonyl (C=O) groups is 1. The van der Waals surface area contributed by atoms with Crippen LogP contribution in [0.3, 0.4) is 0 Å². The number of aromatic nitrogens is 2. The van der Waals surface area contributed by atoms with Gasteiger partial charge in [-0.3, -0.25) is 9.48 Å². The zero-order chi connectivity index (χ0) is 12.4. The van der Waals surface area contributed by atoms with Crippen molar-refractivity contribution in [3.05, 3.63) is 17.0 Å². The third-order valence-corrected chi connectivity index (χ3v) is 4.07. The Morgan fingerprint density at radius 2 is 1.94 bits per heavy atom. The third kappa shape index (κ3) is 2.59. The van der Waals surface area contributed by atoms with Gasteiger partial charge in [0.1, 0.15) is 5.78 Å². The Morgan fingerprint density at radius 1 is 1.29 bits per heavy atom. The zero-order valence-corrected chi connectivity index (χ0v) is 11.1. The summed E-state index contributed by atoms with van der Waals surface area (Å²) in [5.74, 6) is 0.728. The van der Waals surface area contributed by atoms with Gasteiger partial charge in [0.2, 0.25) is 0 Å². The molecule has 1 heterocycles. The highest BCUT2D eigenvalue weighted by molar-refractivity contribution is 5.83. The van der Waals surface area contributed by atoms with Gasteiger partial charge in [0, 0.05) is 30.6 Å². The van der Waals surface area contributed by atoms with Crippen molar-refractivity contribution in [1.29, 1.82) is 0 Å². The molecule has 0 spiro atoms. The Balaban J connectivity index is 2.07. The van der Waals surface area contributed by atoms with Gasteiger partial charge in [0.25, 0.3) is 0 Å². The topological polar surface area (TPSA) is 34.9 Å². The summed E-state index contributed by atoms with van der Waals surface area (Å²) in [7, 11) is 1.94. The second kappa shape index (κ2) is 5.03. The van der Waals surface area contributed by atoms with Gasteiger partial charge < -0.3 is 0 Å². The van der Waals surface area contributed by atoms with Gasteiger partial charge in [-0.1, -0.05) is 19.3 Å². The van der Waals surface area contributed by atoms with E-state index in [0.717, 1.165) is 29.8 Å². The van der Waals surface area contributed by atoms with E-state index in [-0.39, 0.29) is 0 Å². The molecule has 1 aromatic heterocycles. The lowest BCUT2D eigenvalue weighted by Crippen LogP contribution is -2.20. The molecule has 3 heteroatoms. The molecule has 0 aliphatic heterocycles. The number of rotatable bonds is 3. The molecule has 1 aliphatic carbocycles. The smallest absolute Gasteiger partial charge is 0.140 e. The second-order valence-electron chi connectivity index (χ2n) is 5.25. The lowest BCUT2D eigenvalue weighted by atomic mass is 9.84. The lowest BCUT2D eigenvalue weighted by molar-refractivity contribution is -0.123. The van der Waals surface area contributed by atoms with Crippen LogP contribution in [0, 0.1) is 19.8 Å². The van der Waals surface area contributed by atoms with Crippen molar-refractivity contribution in [2.24, 2.45) is 13.0 Å². The molecular weight excluding hydrogens is 212 g/mol. The largest absolute Gasteiger partial charge is 0.299 e. The molecule has 0 amide bonds. The normalized spacial score (nSPS) is 17.4. The summed E-state index contributed by atoms with van der Waals surface area (Å²) in [5, 5.41) is 4.37. The maximum atomic E-state index is 12.2. The van der Waals surface area contributed by atoms with Gasteiger partial charge in [-0.15, -0.1) is 0 Å². The predicted molar refractivity (Wildman–Crippen MR) is 68.0 cm³/mol. The molecule has 1 saturated carbocycles. The average Bonchev–Trinajstić information content (AvgIpc) is 2.57. The minimum atomic E-state index is 0.308. The first-order valence-electron chi connectivity index (χ1n) is 6.61. The Hall–Kier alpha value is -1.12. The summed E-state index contributed by atoms with van der Waals surface area (Å²) in [6.45, 7) is 4.04. The molecule has 0 unspecified atom stereocenters. The zero-order valence-electron chi connectivity index (χ0n) is 11.1. The minimum Gasteiger partial charge on any atom is -0.299 e. The van der Waals surface area contributed by atoms with Crippen LogP contribution in [0.5, 0.6) is 0 Å². The van der Waals surface area contributed by atoms with Crippen LogP contribution in [0.4, 0.5) is 0 Å². The molecule has 94 valence electrons. The highest BCUT2D eigenvalue weighted by Gasteiger charge is 2.23. The molecule has 0 bridgehead atoms. The monoisotopic (exact) mass is 234 g/mol. The van der Waals surface area contributed by atoms with Crippen molar-refractivity contribution in [3.8, 4) is 0 Å². The Bertz CT molecular complexity index is 414. The summed E-state index contributed by atoms with van der Waals surface area (Å²) in [6, 6.07) is 0. The maximum absolute atomic E-state index is 12.2. The van der Waals surface area contributed by atoms with Crippen LogP contribution in [0.1, 0.15) is 49.1 Å². The first-order chi connectivity index (χ1) is 8.09. The molecule has 1 aliphatic rings. The number of carbonyl (C=O) groups excluding carboxylic acids is 1. The van der Waals surface area contributed by atoms with Gasteiger partial charge in [0.05, 0.1) is 5.69 Å². The van der Waals surface area contributed by atoms with Crippen molar-refractivity contribution in [1.82, 2.24) is 9.78 Å². The van der Waals surface area contributed by atoms with Crippen LogP contribution in [-0.2, 0) is 18.3 Å². The molecule has 2 rings (SSSR count). The molecule has 1 aromatic rings. The predicted octanol–water partition coefficient (Wildman–Crippen LogP) is 2.73. The first kappa shape index (κ1) is 12.3. The van der Waals surface area contributed by atoms with Crippen LogP contribution >= 0.6 is 0 Å². The Kier molecular flexibility index (Phi) is 3.65. The van der Waals surface area contributed by atoms with E-state index >= 15 is 0 Å². The summed E-state index contributed by atoms with van der Waals surface area (Å²) in [6.07, 6.45) is 6.52. The minimum absolute atomic E-state index is 0.308. The Labute approximate surface area is 103 Å². The quantitative estimate of drug-likeness (QED) is 0.806. The fourth-order valence-corrected chi connectivity index (χ4v) is 2.82. The molecular formula is C14H22N2O. The van der Waals surface area contributed by atoms with Crippen LogP contribution in [0.25, 0.3) is 0 Å². The van der Waals surface area contributed by atoms with Crippen molar-refractivity contribution in [2.75, 3.05) is 0 Å². The number of hydrogen-bond acceptors (Lipinski definition) is 2. The molecule has 0 N–H and O–H groups in total. The highest BCUT2D eigenvalue weighted by Crippen LogP contribution is 2.26. The van der Waals surface area contributed by atoms with Gasteiger partial charge in [-0.2, -0.15) is 5.10 Å². The number of aryl methyl sites for hydroxylation is 2. The van der Waals surface area contributed by atoms with Crippen molar-refractivity contribution in [2.45, 2.75) is 52.4 Å². The molecule has 1 fully saturated rings. The first-order valence-corrected chi connectivity index (χ1v) is 6.61. The van der Waals surface area contributed by atoms with E-state index in [4.69, 9.17) is 0 Å². The fourth-order valence-electron chi connectivity index (χ4n) is 2.82. The van der Waals surface area contributed by atoms with Crippen molar-refractivity contribution in [3.63, 3.8) is 0 Å². The van der Waals surface area contributed by atoms with E-state index in [2.05, 4.69) is 5.10 Å². The van der Waals surface area contributed by atoms with E-state index in [1.54, 1.807) is 0 Å². The number of Topliss-reactive ketones (excluding diaryl/α,β-unsaturated/α-hetero) is 1. The van der Waals surface area contributed by atoms with Crippen molar-refractivity contribution < 1.29 is 4.79 Å². The highest BCUT2D eigenvalue weighted by atomic mass is 16.1. The summed E-state index contributed by atoms with van der Waals surface area (Å²) in [4.78, 5) is 12.2. The van der Waals surface area contributed by atoms with Crippen LogP contribution in [0.2, 0.25) is 0 Å². The molecule has 0 aromatic carbocycles. The molecule has 0 saturated heterocycles. The summed E-state index contributed by atoms with van der Waals surface area (Å²) < 4.78 is 1.87. The van der Waals surface area contributed by atoms with Gasteiger partial charge >= 0.3 is 0 Å². The van der Waals surface area contributed by atoms with Gasteiger partial charge in [-0.05, 0) is 26.7 Å². The van der Waals surface area contributed by atoms with Gasteiger partial charge in [0.15, 0.2) is 0 Å². The van der Waals surface area contributed by atoms with Crippen LogP contribution in [0.15, 0.2) is 0 Å². The molecule has 0 radical (unpaired) electrons. The van der Waals surface area contributed by atoms with E-state index in [9.17, 15) is 4.79 Å². The fraction of sp³-hybridized carbons (Fsp3) is 0.714. The van der Waals surface area contributed by atoms with E-state index < -0.39 is 0 Å². The van der Waals surface area contributed by atoms with E-state index in [0.29, 0.717) is 18.1 Å². The third-order valence-electron chi connectivity index (χ3n) is 4.07. The van der Waals surface area contributed by atoms with E-state index in [1.165, 1.54) is 19.3 Å². The summed E-state index contributed by atoms with van der Waals surface area (Å²) >= 11 is 0. The van der Waals surface area contributed by atoms with Crippen LogP contribution < -0.4 is 0 Å².